The third-order valence-electron chi connectivity index (χ3n) is 4.11. The van der Waals surface area contributed by atoms with Crippen molar-refractivity contribution in [2.75, 3.05) is 7.11 Å². The number of fused-ring (bicyclic) bond motifs is 1. The lowest BCUT2D eigenvalue weighted by Gasteiger charge is -2.23. The number of esters is 1. The van der Waals surface area contributed by atoms with Crippen molar-refractivity contribution in [1.82, 2.24) is 20.6 Å². The fourth-order valence-corrected chi connectivity index (χ4v) is 2.86. The van der Waals surface area contributed by atoms with Crippen molar-refractivity contribution in [3.05, 3.63) is 36.2 Å². The highest BCUT2D eigenvalue weighted by molar-refractivity contribution is 5.90. The SMILES string of the molecule is COC(=O)[C@H](Cc1cnc2ccccc2n1)NC(=O)[C@H](CC(C)C)NC(C)=O. The maximum absolute atomic E-state index is 12.7. The minimum absolute atomic E-state index is 0.130. The summed E-state index contributed by atoms with van der Waals surface area (Å²) in [7, 11) is 1.26. The van der Waals surface area contributed by atoms with Crippen LogP contribution in [0.25, 0.3) is 11.0 Å². The first-order valence-corrected chi connectivity index (χ1v) is 9.16. The van der Waals surface area contributed by atoms with Gasteiger partial charge in [0.05, 0.1) is 23.8 Å². The molecule has 2 rings (SSSR count). The minimum atomic E-state index is -0.934. The van der Waals surface area contributed by atoms with Crippen molar-refractivity contribution < 1.29 is 19.1 Å². The molecule has 150 valence electrons. The number of ether oxygens (including phenoxy) is 1. The van der Waals surface area contributed by atoms with Gasteiger partial charge < -0.3 is 15.4 Å². The van der Waals surface area contributed by atoms with Gasteiger partial charge in [0.25, 0.3) is 0 Å². The Morgan fingerprint density at radius 2 is 1.75 bits per heavy atom. The van der Waals surface area contributed by atoms with E-state index in [2.05, 4.69) is 20.6 Å². The smallest absolute Gasteiger partial charge is 0.328 e. The molecule has 8 nitrogen and oxygen atoms in total. The van der Waals surface area contributed by atoms with Crippen LogP contribution in [0.4, 0.5) is 0 Å². The van der Waals surface area contributed by atoms with E-state index in [1.54, 1.807) is 6.20 Å². The molecule has 0 aliphatic carbocycles. The lowest BCUT2D eigenvalue weighted by atomic mass is 10.0. The summed E-state index contributed by atoms with van der Waals surface area (Å²) < 4.78 is 4.83. The summed E-state index contributed by atoms with van der Waals surface area (Å²) >= 11 is 0. The summed E-state index contributed by atoms with van der Waals surface area (Å²) in [5.74, 6) is -1.15. The number of aromatic nitrogens is 2. The predicted molar refractivity (Wildman–Crippen MR) is 104 cm³/mol. The van der Waals surface area contributed by atoms with Gasteiger partial charge in [-0.05, 0) is 24.5 Å². The number of nitrogens with one attached hydrogen (secondary N) is 2. The molecular weight excluding hydrogens is 360 g/mol. The van der Waals surface area contributed by atoms with Gasteiger partial charge in [0.15, 0.2) is 0 Å². The van der Waals surface area contributed by atoms with Gasteiger partial charge in [-0.25, -0.2) is 9.78 Å². The van der Waals surface area contributed by atoms with E-state index in [0.29, 0.717) is 17.6 Å². The van der Waals surface area contributed by atoms with E-state index in [9.17, 15) is 14.4 Å². The van der Waals surface area contributed by atoms with E-state index >= 15 is 0 Å². The van der Waals surface area contributed by atoms with Crippen molar-refractivity contribution >= 4 is 28.8 Å². The molecule has 0 saturated carbocycles. The highest BCUT2D eigenvalue weighted by atomic mass is 16.5. The third kappa shape index (κ3) is 6.00. The van der Waals surface area contributed by atoms with E-state index in [-0.39, 0.29) is 18.2 Å². The standard InChI is InChI=1S/C20H26N4O4/c1-12(2)9-17(22-13(3)25)19(26)24-18(20(27)28-4)10-14-11-21-15-7-5-6-8-16(15)23-14/h5-8,11-12,17-18H,9-10H2,1-4H3,(H,22,25)(H,24,26)/t17-,18-/m0/s1. The lowest BCUT2D eigenvalue weighted by molar-refractivity contribution is -0.145. The Morgan fingerprint density at radius 1 is 1.07 bits per heavy atom. The zero-order chi connectivity index (χ0) is 20.7. The lowest BCUT2D eigenvalue weighted by Crippen LogP contribution is -2.52. The highest BCUT2D eigenvalue weighted by Gasteiger charge is 2.28. The number of para-hydroxylation sites is 2. The second-order valence-electron chi connectivity index (χ2n) is 7.02. The molecule has 1 aromatic heterocycles. The second-order valence-corrected chi connectivity index (χ2v) is 7.02. The summed E-state index contributed by atoms with van der Waals surface area (Å²) in [6, 6.07) is 5.72. The number of rotatable bonds is 8. The van der Waals surface area contributed by atoms with E-state index < -0.39 is 24.0 Å². The number of benzene rings is 1. The highest BCUT2D eigenvalue weighted by Crippen LogP contribution is 2.11. The summed E-state index contributed by atoms with van der Waals surface area (Å²) in [4.78, 5) is 45.1. The van der Waals surface area contributed by atoms with Crippen LogP contribution in [0.3, 0.4) is 0 Å². The molecule has 0 aliphatic heterocycles. The van der Waals surface area contributed by atoms with E-state index in [0.717, 1.165) is 5.52 Å². The van der Waals surface area contributed by atoms with E-state index in [4.69, 9.17) is 4.74 Å². The quantitative estimate of drug-likeness (QED) is 0.663. The molecule has 0 spiro atoms. The number of carbonyl (C=O) groups excluding carboxylic acids is 3. The Kier molecular flexibility index (Phi) is 7.43. The topological polar surface area (TPSA) is 110 Å². The summed E-state index contributed by atoms with van der Waals surface area (Å²) in [5.41, 5.74) is 1.99. The van der Waals surface area contributed by atoms with Gasteiger partial charge in [-0.2, -0.15) is 0 Å². The Balaban J connectivity index is 2.18. The van der Waals surface area contributed by atoms with Crippen LogP contribution in [-0.2, 0) is 25.5 Å². The van der Waals surface area contributed by atoms with Crippen molar-refractivity contribution in [3.8, 4) is 0 Å². The maximum Gasteiger partial charge on any atom is 0.328 e. The predicted octanol–water partition coefficient (Wildman–Crippen LogP) is 1.38. The number of carbonyl (C=O) groups is 3. The molecule has 2 atom stereocenters. The van der Waals surface area contributed by atoms with E-state index in [1.165, 1.54) is 14.0 Å². The van der Waals surface area contributed by atoms with Crippen molar-refractivity contribution in [1.29, 1.82) is 0 Å². The number of hydrogen-bond acceptors (Lipinski definition) is 6. The van der Waals surface area contributed by atoms with Crippen LogP contribution >= 0.6 is 0 Å². The molecule has 0 aliphatic rings. The number of nitrogens with zero attached hydrogens (tertiary/aromatic N) is 2. The molecule has 0 radical (unpaired) electrons. The Bertz CT molecular complexity index is 853. The Hall–Kier alpha value is -3.03. The maximum atomic E-state index is 12.7. The summed E-state index contributed by atoms with van der Waals surface area (Å²) in [6.07, 6.45) is 2.16. The third-order valence-corrected chi connectivity index (χ3v) is 4.11. The average Bonchev–Trinajstić information content (AvgIpc) is 2.65. The fourth-order valence-electron chi connectivity index (χ4n) is 2.86. The molecule has 0 fully saturated rings. The largest absolute Gasteiger partial charge is 0.467 e. The number of hydrogen-bond donors (Lipinski definition) is 2. The van der Waals surface area contributed by atoms with Crippen LogP contribution in [0.1, 0.15) is 32.9 Å². The Morgan fingerprint density at radius 3 is 2.36 bits per heavy atom. The van der Waals surface area contributed by atoms with Gasteiger partial charge in [0.2, 0.25) is 11.8 Å². The first-order chi connectivity index (χ1) is 13.3. The molecule has 28 heavy (non-hydrogen) atoms. The molecule has 8 heteroatoms. The normalized spacial score (nSPS) is 13.0. The van der Waals surface area contributed by atoms with Gasteiger partial charge in [-0.3, -0.25) is 14.6 Å². The summed E-state index contributed by atoms with van der Waals surface area (Å²) in [5, 5.41) is 5.31. The van der Waals surface area contributed by atoms with Crippen LogP contribution in [0.5, 0.6) is 0 Å². The van der Waals surface area contributed by atoms with Gasteiger partial charge in [0.1, 0.15) is 12.1 Å². The van der Waals surface area contributed by atoms with E-state index in [1.807, 2.05) is 38.1 Å². The zero-order valence-electron chi connectivity index (χ0n) is 16.6. The molecule has 0 bridgehead atoms. The molecule has 0 unspecified atom stereocenters. The van der Waals surface area contributed by atoms with Crippen LogP contribution < -0.4 is 10.6 Å². The second kappa shape index (κ2) is 9.77. The monoisotopic (exact) mass is 386 g/mol. The molecule has 1 heterocycles. The van der Waals surface area contributed by atoms with Gasteiger partial charge in [-0.1, -0.05) is 26.0 Å². The molecule has 2 aromatic rings. The first kappa shape index (κ1) is 21.3. The molecule has 1 aromatic carbocycles. The number of amides is 2. The van der Waals surface area contributed by atoms with Gasteiger partial charge in [0, 0.05) is 19.5 Å². The first-order valence-electron chi connectivity index (χ1n) is 9.16. The van der Waals surface area contributed by atoms with Crippen LogP contribution in [-0.4, -0.2) is 46.9 Å². The minimum Gasteiger partial charge on any atom is -0.467 e. The van der Waals surface area contributed by atoms with Crippen LogP contribution in [0.15, 0.2) is 30.5 Å². The molecular formula is C20H26N4O4. The zero-order valence-corrected chi connectivity index (χ0v) is 16.6. The van der Waals surface area contributed by atoms with Crippen molar-refractivity contribution in [2.45, 2.75) is 45.7 Å². The van der Waals surface area contributed by atoms with Crippen molar-refractivity contribution in [3.63, 3.8) is 0 Å². The summed E-state index contributed by atoms with van der Waals surface area (Å²) in [6.45, 7) is 5.25. The van der Waals surface area contributed by atoms with Crippen LogP contribution in [0.2, 0.25) is 0 Å². The molecule has 2 N–H and O–H groups in total. The number of methoxy groups -OCH3 is 1. The van der Waals surface area contributed by atoms with Crippen molar-refractivity contribution in [2.24, 2.45) is 5.92 Å². The molecule has 0 saturated heterocycles. The van der Waals surface area contributed by atoms with Gasteiger partial charge in [-0.15, -0.1) is 0 Å². The Labute approximate surface area is 164 Å². The van der Waals surface area contributed by atoms with Crippen LogP contribution in [0, 0.1) is 5.92 Å². The fraction of sp³-hybridized carbons (Fsp3) is 0.450. The average molecular weight is 386 g/mol. The van der Waals surface area contributed by atoms with Gasteiger partial charge >= 0.3 is 5.97 Å². The molecule has 2 amide bonds.